The number of aromatic nitrogens is 2. The summed E-state index contributed by atoms with van der Waals surface area (Å²) < 4.78 is 5.45. The monoisotopic (exact) mass is 257 g/mol. The van der Waals surface area contributed by atoms with Gasteiger partial charge in [-0.3, -0.25) is 0 Å². The molecule has 96 valence electrons. The molecule has 0 saturated carbocycles. The smallest absolute Gasteiger partial charge is 0.226 e. The third-order valence-corrected chi connectivity index (χ3v) is 2.70. The Balaban J connectivity index is 2.64. The number of ether oxygens (including phenoxy) is 1. The van der Waals surface area contributed by atoms with E-state index in [2.05, 4.69) is 36.1 Å². The molecule has 0 bridgehead atoms. The molecule has 0 saturated heterocycles. The largest absolute Gasteiger partial charge is 0.478 e. The first-order valence-corrected chi connectivity index (χ1v) is 6.49. The molecule has 0 aromatic carbocycles. The van der Waals surface area contributed by atoms with E-state index < -0.39 is 0 Å². The topological polar surface area (TPSA) is 47.0 Å². The maximum absolute atomic E-state index is 5.89. The lowest BCUT2D eigenvalue weighted by atomic mass is 10.1. The van der Waals surface area contributed by atoms with Crippen molar-refractivity contribution < 1.29 is 4.74 Å². The third-order valence-electron chi connectivity index (χ3n) is 2.37. The summed E-state index contributed by atoms with van der Waals surface area (Å²) in [5, 5.41) is 3.21. The van der Waals surface area contributed by atoms with E-state index in [9.17, 15) is 0 Å². The lowest BCUT2D eigenvalue weighted by Crippen LogP contribution is -2.28. The molecule has 1 N–H and O–H groups in total. The molecule has 1 aromatic heterocycles. The highest BCUT2D eigenvalue weighted by Crippen LogP contribution is 2.13. The minimum absolute atomic E-state index is 0.165. The van der Waals surface area contributed by atoms with Crippen LogP contribution >= 0.6 is 11.6 Å². The summed E-state index contributed by atoms with van der Waals surface area (Å²) in [6, 6.07) is 1.92. The van der Waals surface area contributed by atoms with Crippen LogP contribution in [0.25, 0.3) is 0 Å². The van der Waals surface area contributed by atoms with Gasteiger partial charge in [0.2, 0.25) is 11.8 Å². The van der Waals surface area contributed by atoms with Crippen LogP contribution in [0.15, 0.2) is 12.3 Å². The fourth-order valence-electron chi connectivity index (χ4n) is 1.25. The molecule has 1 aromatic rings. The predicted molar refractivity (Wildman–Crippen MR) is 70.8 cm³/mol. The van der Waals surface area contributed by atoms with Crippen molar-refractivity contribution in [2.75, 3.05) is 17.8 Å². The summed E-state index contributed by atoms with van der Waals surface area (Å²) in [5.41, 5.74) is 0. The summed E-state index contributed by atoms with van der Waals surface area (Å²) >= 11 is 5.89. The zero-order chi connectivity index (χ0) is 12.7. The summed E-state index contributed by atoms with van der Waals surface area (Å²) in [5.74, 6) is 2.12. The van der Waals surface area contributed by atoms with E-state index in [1.54, 1.807) is 12.3 Å². The number of hydrogen-bond donors (Lipinski definition) is 1. The molecular weight excluding hydrogens is 238 g/mol. The normalized spacial score (nSPS) is 12.5. The average Bonchev–Trinajstić information content (AvgIpc) is 2.33. The van der Waals surface area contributed by atoms with Gasteiger partial charge in [0, 0.05) is 24.2 Å². The number of nitrogens with zero attached hydrogens (tertiary/aromatic N) is 2. The molecule has 0 fully saturated rings. The van der Waals surface area contributed by atoms with Gasteiger partial charge >= 0.3 is 0 Å². The lowest BCUT2D eigenvalue weighted by Gasteiger charge is -2.19. The third kappa shape index (κ3) is 4.77. The van der Waals surface area contributed by atoms with Crippen molar-refractivity contribution in [3.63, 3.8) is 0 Å². The van der Waals surface area contributed by atoms with Gasteiger partial charge < -0.3 is 10.1 Å². The van der Waals surface area contributed by atoms with Crippen molar-refractivity contribution in [1.82, 2.24) is 9.97 Å². The minimum Gasteiger partial charge on any atom is -0.478 e. The molecule has 0 spiro atoms. The molecule has 1 rings (SSSR count). The molecular formula is C12H20ClN3O. The SMILES string of the molecule is CCCOc1ccnc(NC(CCl)C(C)C)n1. The zero-order valence-electron chi connectivity index (χ0n) is 10.6. The first-order valence-electron chi connectivity index (χ1n) is 5.95. The first-order chi connectivity index (χ1) is 8.17. The van der Waals surface area contributed by atoms with E-state index >= 15 is 0 Å². The fourth-order valence-corrected chi connectivity index (χ4v) is 1.68. The predicted octanol–water partition coefficient (Wildman–Crippen LogP) is 2.94. The summed E-state index contributed by atoms with van der Waals surface area (Å²) in [7, 11) is 0. The highest BCUT2D eigenvalue weighted by Gasteiger charge is 2.13. The van der Waals surface area contributed by atoms with E-state index in [4.69, 9.17) is 16.3 Å². The molecule has 0 radical (unpaired) electrons. The molecule has 1 unspecified atom stereocenters. The molecule has 5 heteroatoms. The molecule has 0 aliphatic rings. The maximum atomic E-state index is 5.89. The van der Waals surface area contributed by atoms with Crippen LogP contribution in [0.4, 0.5) is 5.95 Å². The summed E-state index contributed by atoms with van der Waals surface area (Å²) in [6.45, 7) is 6.94. The Kier molecular flexibility index (Phi) is 6.05. The van der Waals surface area contributed by atoms with Crippen LogP contribution in [0.2, 0.25) is 0 Å². The van der Waals surface area contributed by atoms with Gasteiger partial charge in [0.05, 0.1) is 6.61 Å². The zero-order valence-corrected chi connectivity index (χ0v) is 11.4. The Morgan fingerprint density at radius 2 is 2.24 bits per heavy atom. The molecule has 1 heterocycles. The van der Waals surface area contributed by atoms with Crippen molar-refractivity contribution in [2.45, 2.75) is 33.2 Å². The van der Waals surface area contributed by atoms with Crippen LogP contribution in [0.1, 0.15) is 27.2 Å². The van der Waals surface area contributed by atoms with Crippen molar-refractivity contribution >= 4 is 17.5 Å². The highest BCUT2D eigenvalue weighted by atomic mass is 35.5. The van der Waals surface area contributed by atoms with Crippen LogP contribution in [-0.4, -0.2) is 28.5 Å². The number of halogens is 1. The number of anilines is 1. The van der Waals surface area contributed by atoms with E-state index in [1.807, 2.05) is 0 Å². The lowest BCUT2D eigenvalue weighted by molar-refractivity contribution is 0.305. The summed E-state index contributed by atoms with van der Waals surface area (Å²) in [4.78, 5) is 8.43. The van der Waals surface area contributed by atoms with Crippen LogP contribution in [0.5, 0.6) is 5.88 Å². The highest BCUT2D eigenvalue weighted by molar-refractivity contribution is 6.18. The second-order valence-electron chi connectivity index (χ2n) is 4.22. The van der Waals surface area contributed by atoms with Gasteiger partial charge in [-0.25, -0.2) is 4.98 Å². The van der Waals surface area contributed by atoms with Crippen LogP contribution in [-0.2, 0) is 0 Å². The molecule has 1 atom stereocenters. The number of rotatable bonds is 7. The van der Waals surface area contributed by atoms with Crippen molar-refractivity contribution in [3.8, 4) is 5.88 Å². The maximum Gasteiger partial charge on any atom is 0.226 e. The number of alkyl halides is 1. The number of hydrogen-bond acceptors (Lipinski definition) is 4. The van der Waals surface area contributed by atoms with E-state index in [-0.39, 0.29) is 6.04 Å². The second-order valence-corrected chi connectivity index (χ2v) is 4.52. The minimum atomic E-state index is 0.165. The Labute approximate surface area is 108 Å². The van der Waals surface area contributed by atoms with Crippen molar-refractivity contribution in [3.05, 3.63) is 12.3 Å². The Hall–Kier alpha value is -1.03. The Morgan fingerprint density at radius 1 is 1.47 bits per heavy atom. The van der Waals surface area contributed by atoms with Gasteiger partial charge in [0.1, 0.15) is 0 Å². The van der Waals surface area contributed by atoms with Gasteiger partial charge in [-0.1, -0.05) is 20.8 Å². The van der Waals surface area contributed by atoms with E-state index in [1.165, 1.54) is 0 Å². The average molecular weight is 258 g/mol. The Morgan fingerprint density at radius 3 is 2.82 bits per heavy atom. The van der Waals surface area contributed by atoms with Crippen LogP contribution in [0.3, 0.4) is 0 Å². The van der Waals surface area contributed by atoms with Gasteiger partial charge in [-0.05, 0) is 12.3 Å². The molecule has 17 heavy (non-hydrogen) atoms. The number of nitrogens with one attached hydrogen (secondary N) is 1. The summed E-state index contributed by atoms with van der Waals surface area (Å²) in [6.07, 6.45) is 2.65. The molecule has 0 aliphatic heterocycles. The van der Waals surface area contributed by atoms with Gasteiger partial charge in [0.25, 0.3) is 0 Å². The van der Waals surface area contributed by atoms with Crippen molar-refractivity contribution in [2.24, 2.45) is 5.92 Å². The van der Waals surface area contributed by atoms with E-state index in [0.29, 0.717) is 30.2 Å². The fraction of sp³-hybridized carbons (Fsp3) is 0.667. The van der Waals surface area contributed by atoms with Gasteiger partial charge in [0.15, 0.2) is 0 Å². The molecule has 4 nitrogen and oxygen atoms in total. The van der Waals surface area contributed by atoms with Crippen LogP contribution < -0.4 is 10.1 Å². The Bertz CT molecular complexity index is 333. The molecule has 0 aliphatic carbocycles. The standard InChI is InChI=1S/C12H20ClN3O/c1-4-7-17-11-5-6-14-12(16-11)15-10(8-13)9(2)3/h5-6,9-10H,4,7-8H2,1-3H3,(H,14,15,16). The van der Waals surface area contributed by atoms with Crippen molar-refractivity contribution in [1.29, 1.82) is 0 Å². The second kappa shape index (κ2) is 7.33. The quantitative estimate of drug-likeness (QED) is 0.763. The molecule has 0 amide bonds. The first kappa shape index (κ1) is 14.0. The van der Waals surface area contributed by atoms with E-state index in [0.717, 1.165) is 6.42 Å². The van der Waals surface area contributed by atoms with Crippen LogP contribution in [0, 0.1) is 5.92 Å². The van der Waals surface area contributed by atoms with Gasteiger partial charge in [-0.15, -0.1) is 11.6 Å². The van der Waals surface area contributed by atoms with Gasteiger partial charge in [-0.2, -0.15) is 4.98 Å².